The van der Waals surface area contributed by atoms with E-state index in [-0.39, 0.29) is 17.7 Å². The lowest BCUT2D eigenvalue weighted by Crippen LogP contribution is -2.41. The Bertz CT molecular complexity index is 1180. The van der Waals surface area contributed by atoms with Crippen LogP contribution in [0.15, 0.2) is 42.5 Å². The summed E-state index contributed by atoms with van der Waals surface area (Å²) in [4.78, 5) is 27.9. The molecule has 1 N–H and O–H groups in total. The zero-order chi connectivity index (χ0) is 27.8. The van der Waals surface area contributed by atoms with Crippen molar-refractivity contribution in [2.45, 2.75) is 110 Å². The summed E-state index contributed by atoms with van der Waals surface area (Å²) in [6, 6.07) is 5.67. The van der Waals surface area contributed by atoms with E-state index in [0.29, 0.717) is 18.0 Å². The maximum absolute atomic E-state index is 13.8. The van der Waals surface area contributed by atoms with Gasteiger partial charge in [-0.2, -0.15) is 0 Å². The monoisotopic (exact) mass is 532 g/mol. The minimum absolute atomic E-state index is 0.113. The van der Waals surface area contributed by atoms with Gasteiger partial charge in [0.05, 0.1) is 11.5 Å². The van der Waals surface area contributed by atoms with E-state index < -0.39 is 5.97 Å². The predicted molar refractivity (Wildman–Crippen MR) is 161 cm³/mol. The summed E-state index contributed by atoms with van der Waals surface area (Å²) < 4.78 is 2.36. The summed E-state index contributed by atoms with van der Waals surface area (Å²) in [5, 5.41) is 11.0. The molecule has 39 heavy (non-hydrogen) atoms. The molecule has 2 aromatic rings. The fraction of sp³-hybridized carbons (Fsp3) is 0.588. The molecular weight excluding hydrogens is 484 g/mol. The second-order valence-corrected chi connectivity index (χ2v) is 11.4. The number of likely N-dealkylation sites (tertiary alicyclic amines) is 1. The number of hydrogen-bond donors (Lipinski definition) is 1. The van der Waals surface area contributed by atoms with Crippen molar-refractivity contribution in [1.82, 2.24) is 9.47 Å². The van der Waals surface area contributed by atoms with Gasteiger partial charge in [0.2, 0.25) is 5.91 Å². The van der Waals surface area contributed by atoms with Gasteiger partial charge in [-0.25, -0.2) is 4.79 Å². The molecular formula is C34H48N2O3. The second kappa shape index (κ2) is 14.0. The first-order chi connectivity index (χ1) is 19.0. The number of fused-ring (bicyclic) bond motifs is 3. The molecule has 2 atom stereocenters. The number of aromatic carboxylic acids is 1. The summed E-state index contributed by atoms with van der Waals surface area (Å²) in [5.41, 5.74) is 3.99. The molecule has 5 heteroatoms. The standard InChI is InChI=1S/C32H42N2O3.C2H6/c1-23-13-7-2-3-10-16-26(31(35)33-19-11-6-12-20-33)22-34-28-21-25(32(36)37)17-18-27(28)29(30(23)34)24-14-8-4-5-9-15-24;1-2/h2-3,7,13,17-18,21,23-24,26H,4-6,8-12,14-16,19-20,22H2,1H3,(H,36,37);1-2H3/b3-2-,13-7-;. The Morgan fingerprint density at radius 1 is 0.897 bits per heavy atom. The lowest BCUT2D eigenvalue weighted by atomic mass is 9.86. The normalized spacial score (nSPS) is 24.4. The van der Waals surface area contributed by atoms with Gasteiger partial charge in [-0.05, 0) is 68.6 Å². The Labute approximate surface area is 235 Å². The van der Waals surface area contributed by atoms with Gasteiger partial charge in [0.25, 0.3) is 0 Å². The van der Waals surface area contributed by atoms with Crippen LogP contribution in [0.5, 0.6) is 0 Å². The van der Waals surface area contributed by atoms with Gasteiger partial charge in [-0.3, -0.25) is 4.79 Å². The molecule has 1 aromatic heterocycles. The minimum atomic E-state index is -0.900. The van der Waals surface area contributed by atoms with Crippen LogP contribution in [0.1, 0.15) is 125 Å². The van der Waals surface area contributed by atoms with Crippen LogP contribution in [0.4, 0.5) is 0 Å². The van der Waals surface area contributed by atoms with E-state index in [1.807, 2.05) is 26.0 Å². The van der Waals surface area contributed by atoms with Crippen molar-refractivity contribution in [1.29, 1.82) is 0 Å². The molecule has 2 aliphatic heterocycles. The third kappa shape index (κ3) is 6.67. The third-order valence-electron chi connectivity index (χ3n) is 8.84. The SMILES string of the molecule is CC.CC1/C=C\C=C/CCC(C(=O)N2CCCCC2)Cn2c1c(C1CCCCCC1)c1ccc(C(=O)O)cc12. The first-order valence-corrected chi connectivity index (χ1v) is 15.6. The number of rotatable bonds is 3. The first-order valence-electron chi connectivity index (χ1n) is 15.6. The highest BCUT2D eigenvalue weighted by Crippen LogP contribution is 2.43. The van der Waals surface area contributed by atoms with E-state index >= 15 is 0 Å². The Morgan fingerprint density at radius 3 is 2.28 bits per heavy atom. The van der Waals surface area contributed by atoms with Crippen LogP contribution >= 0.6 is 0 Å². The molecule has 1 saturated heterocycles. The lowest BCUT2D eigenvalue weighted by molar-refractivity contribution is -0.137. The second-order valence-electron chi connectivity index (χ2n) is 11.4. The molecule has 1 amide bonds. The number of piperidine rings is 1. The molecule has 0 bridgehead atoms. The van der Waals surface area contributed by atoms with Crippen molar-refractivity contribution in [2.24, 2.45) is 5.92 Å². The molecule has 1 saturated carbocycles. The van der Waals surface area contributed by atoms with Crippen LogP contribution in [0, 0.1) is 5.92 Å². The smallest absolute Gasteiger partial charge is 0.335 e. The zero-order valence-electron chi connectivity index (χ0n) is 24.3. The van der Waals surface area contributed by atoms with Crippen molar-refractivity contribution in [3.8, 4) is 0 Å². The molecule has 212 valence electrons. The van der Waals surface area contributed by atoms with E-state index in [0.717, 1.165) is 44.3 Å². The van der Waals surface area contributed by atoms with Gasteiger partial charge in [-0.1, -0.05) is 76.8 Å². The molecule has 2 unspecified atom stereocenters. The Kier molecular flexibility index (Phi) is 10.5. The van der Waals surface area contributed by atoms with E-state index in [4.69, 9.17) is 0 Å². The van der Waals surface area contributed by atoms with E-state index in [2.05, 4.69) is 40.7 Å². The van der Waals surface area contributed by atoms with Crippen molar-refractivity contribution in [3.05, 3.63) is 59.3 Å². The molecule has 1 aromatic carbocycles. The van der Waals surface area contributed by atoms with E-state index in [1.165, 1.54) is 61.6 Å². The molecule has 5 rings (SSSR count). The number of carbonyl (C=O) groups excluding carboxylic acids is 1. The number of carbonyl (C=O) groups is 2. The fourth-order valence-corrected chi connectivity index (χ4v) is 6.89. The highest BCUT2D eigenvalue weighted by Gasteiger charge is 2.31. The summed E-state index contributed by atoms with van der Waals surface area (Å²) >= 11 is 0. The molecule has 0 spiro atoms. The molecule has 3 aliphatic rings. The molecule has 0 radical (unpaired) electrons. The van der Waals surface area contributed by atoms with Crippen LogP contribution in [-0.2, 0) is 11.3 Å². The quantitative estimate of drug-likeness (QED) is 0.403. The number of aromatic nitrogens is 1. The van der Waals surface area contributed by atoms with Gasteiger partial charge in [0.1, 0.15) is 0 Å². The number of hydrogen-bond acceptors (Lipinski definition) is 2. The summed E-state index contributed by atoms with van der Waals surface area (Å²) in [6.45, 7) is 8.59. The van der Waals surface area contributed by atoms with Crippen LogP contribution in [-0.4, -0.2) is 39.5 Å². The van der Waals surface area contributed by atoms with Crippen molar-refractivity contribution in [3.63, 3.8) is 0 Å². The lowest BCUT2D eigenvalue weighted by Gasteiger charge is -2.31. The summed E-state index contributed by atoms with van der Waals surface area (Å²) in [5.74, 6) is -0.0932. The van der Waals surface area contributed by atoms with Gasteiger partial charge in [0.15, 0.2) is 0 Å². The minimum Gasteiger partial charge on any atom is -0.478 e. The van der Waals surface area contributed by atoms with Crippen LogP contribution < -0.4 is 0 Å². The maximum Gasteiger partial charge on any atom is 0.335 e. The average molecular weight is 533 g/mol. The number of amides is 1. The van der Waals surface area contributed by atoms with Gasteiger partial charge in [0, 0.05) is 42.1 Å². The largest absolute Gasteiger partial charge is 0.478 e. The summed E-state index contributed by atoms with van der Waals surface area (Å²) in [7, 11) is 0. The maximum atomic E-state index is 13.8. The molecule has 5 nitrogen and oxygen atoms in total. The average Bonchev–Trinajstić information content (AvgIpc) is 3.10. The highest BCUT2D eigenvalue weighted by molar-refractivity contribution is 5.95. The predicted octanol–water partition coefficient (Wildman–Crippen LogP) is 8.44. The number of carboxylic acid groups (broad SMARTS) is 1. The highest BCUT2D eigenvalue weighted by atomic mass is 16.4. The van der Waals surface area contributed by atoms with Gasteiger partial charge >= 0.3 is 5.97 Å². The fourth-order valence-electron chi connectivity index (χ4n) is 6.89. The van der Waals surface area contributed by atoms with Crippen LogP contribution in [0.25, 0.3) is 10.9 Å². The van der Waals surface area contributed by atoms with Crippen LogP contribution in [0.2, 0.25) is 0 Å². The topological polar surface area (TPSA) is 62.5 Å². The van der Waals surface area contributed by atoms with E-state index in [1.54, 1.807) is 6.07 Å². The summed E-state index contributed by atoms with van der Waals surface area (Å²) in [6.07, 6.45) is 21.2. The Hall–Kier alpha value is -2.82. The number of benzene rings is 1. The first kappa shape index (κ1) is 29.2. The number of nitrogens with zero attached hydrogens (tertiary/aromatic N) is 2. The van der Waals surface area contributed by atoms with Gasteiger partial charge in [-0.15, -0.1) is 0 Å². The van der Waals surface area contributed by atoms with E-state index in [9.17, 15) is 14.7 Å². The van der Waals surface area contributed by atoms with Crippen molar-refractivity contribution >= 4 is 22.8 Å². The molecule has 3 heterocycles. The van der Waals surface area contributed by atoms with Crippen molar-refractivity contribution in [2.75, 3.05) is 13.1 Å². The van der Waals surface area contributed by atoms with Gasteiger partial charge < -0.3 is 14.6 Å². The zero-order valence-corrected chi connectivity index (χ0v) is 24.3. The third-order valence-corrected chi connectivity index (χ3v) is 8.84. The van der Waals surface area contributed by atoms with Crippen molar-refractivity contribution < 1.29 is 14.7 Å². The number of carboxylic acids is 1. The van der Waals surface area contributed by atoms with Crippen LogP contribution in [0.3, 0.4) is 0 Å². The Morgan fingerprint density at radius 2 is 1.59 bits per heavy atom. The molecule has 1 aliphatic carbocycles. The number of allylic oxidation sites excluding steroid dienone is 4. The molecule has 2 fully saturated rings. The Balaban J connectivity index is 0.00000172.